The highest BCUT2D eigenvalue weighted by atomic mass is 16.6. The second-order valence-electron chi connectivity index (χ2n) is 7.89. The maximum Gasteiger partial charge on any atom is 0.332 e. The topological polar surface area (TPSA) is 252 Å². The molecule has 0 aromatic carbocycles. The Hall–Kier alpha value is -2.85. The number of rotatable bonds is 12. The van der Waals surface area contributed by atoms with Crippen LogP contribution in [0.15, 0.2) is 0 Å². The molecule has 0 spiro atoms. The number of nitrogens with one attached hydrogen (secondary N) is 1. The van der Waals surface area contributed by atoms with Crippen molar-refractivity contribution in [2.75, 3.05) is 6.61 Å². The molecule has 1 fully saturated rings. The van der Waals surface area contributed by atoms with Gasteiger partial charge in [0.15, 0.2) is 12.3 Å². The number of aliphatic hydroxyl groups excluding tert-OH is 2. The molecule has 34 heavy (non-hydrogen) atoms. The maximum absolute atomic E-state index is 12.8. The zero-order valence-corrected chi connectivity index (χ0v) is 19.0. The minimum absolute atomic E-state index is 0.287. The summed E-state index contributed by atoms with van der Waals surface area (Å²) in [5, 5.41) is 40.2. The zero-order valence-electron chi connectivity index (χ0n) is 19.0. The van der Waals surface area contributed by atoms with Gasteiger partial charge in [-0.3, -0.25) is 19.2 Å². The normalized spacial score (nSPS) is 27.2. The van der Waals surface area contributed by atoms with Crippen LogP contribution in [0.4, 0.5) is 0 Å². The van der Waals surface area contributed by atoms with Crippen LogP contribution in [0.5, 0.6) is 0 Å². The Labute approximate surface area is 195 Å². The molecule has 9 N–H and O–H groups in total. The monoisotopic (exact) mass is 492 g/mol. The highest BCUT2D eigenvalue weighted by Crippen LogP contribution is 2.27. The Morgan fingerprint density at radius 2 is 1.76 bits per heavy atom. The molecule has 8 atom stereocenters. The van der Waals surface area contributed by atoms with Crippen molar-refractivity contribution in [2.24, 2.45) is 11.5 Å². The molecule has 0 bridgehead atoms. The van der Waals surface area contributed by atoms with Crippen LogP contribution in [0.2, 0.25) is 0 Å². The van der Waals surface area contributed by atoms with Crippen LogP contribution in [0.3, 0.4) is 0 Å². The number of hydrogen-bond donors (Lipinski definition) is 7. The largest absolute Gasteiger partial charge is 0.481 e. The number of nitrogens with zero attached hydrogens (tertiary/aromatic N) is 1. The fourth-order valence-corrected chi connectivity index (χ4v) is 3.46. The van der Waals surface area contributed by atoms with Crippen LogP contribution in [-0.4, -0.2) is 110 Å². The van der Waals surface area contributed by atoms with Gasteiger partial charge in [-0.1, -0.05) is 0 Å². The molecule has 1 aliphatic rings. The number of aliphatic hydroxyl groups is 2. The molecule has 1 unspecified atom stereocenters. The Balaban J connectivity index is 3.18. The van der Waals surface area contributed by atoms with Crippen molar-refractivity contribution in [1.29, 1.82) is 0 Å². The highest BCUT2D eigenvalue weighted by Gasteiger charge is 2.49. The number of hydrogen-bond acceptors (Lipinski definition) is 10. The Morgan fingerprint density at radius 1 is 1.18 bits per heavy atom. The van der Waals surface area contributed by atoms with E-state index in [2.05, 4.69) is 5.32 Å². The second kappa shape index (κ2) is 12.6. The van der Waals surface area contributed by atoms with Crippen LogP contribution in [0.25, 0.3) is 0 Å². The smallest absolute Gasteiger partial charge is 0.332 e. The summed E-state index contributed by atoms with van der Waals surface area (Å²) in [6.45, 7) is 2.82. The summed E-state index contributed by atoms with van der Waals surface area (Å²) >= 11 is 0. The van der Waals surface area contributed by atoms with E-state index in [1.807, 2.05) is 0 Å². The van der Waals surface area contributed by atoms with Gasteiger partial charge < -0.3 is 51.6 Å². The number of nitrogens with two attached hydrogens (primary N) is 2. The first kappa shape index (κ1) is 29.2. The van der Waals surface area contributed by atoms with Crippen molar-refractivity contribution < 1.29 is 53.9 Å². The van der Waals surface area contributed by atoms with E-state index in [4.69, 9.17) is 31.2 Å². The Kier molecular flexibility index (Phi) is 10.8. The van der Waals surface area contributed by atoms with Gasteiger partial charge in [-0.15, -0.1) is 0 Å². The van der Waals surface area contributed by atoms with E-state index in [1.165, 1.54) is 13.8 Å². The third-order valence-corrected chi connectivity index (χ3v) is 5.37. The van der Waals surface area contributed by atoms with Crippen molar-refractivity contribution in [3.8, 4) is 0 Å². The van der Waals surface area contributed by atoms with Gasteiger partial charge >= 0.3 is 11.9 Å². The van der Waals surface area contributed by atoms with Gasteiger partial charge in [0.25, 0.3) is 0 Å². The fraction of sp³-hybridized carbons (Fsp3) is 0.737. The quantitative estimate of drug-likeness (QED) is 0.139. The van der Waals surface area contributed by atoms with Crippen LogP contribution in [0, 0.1) is 0 Å². The van der Waals surface area contributed by atoms with Crippen molar-refractivity contribution >= 4 is 29.7 Å². The van der Waals surface area contributed by atoms with Gasteiger partial charge in [-0.2, -0.15) is 0 Å². The number of carboxylic acids is 2. The van der Waals surface area contributed by atoms with Crippen molar-refractivity contribution in [2.45, 2.75) is 82.4 Å². The summed E-state index contributed by atoms with van der Waals surface area (Å²) in [7, 11) is 0. The van der Waals surface area contributed by atoms with Crippen molar-refractivity contribution in [1.82, 2.24) is 10.2 Å². The van der Waals surface area contributed by atoms with Gasteiger partial charge in [-0.25, -0.2) is 4.79 Å². The lowest BCUT2D eigenvalue weighted by molar-refractivity contribution is -0.245. The van der Waals surface area contributed by atoms with E-state index < -0.39 is 91.5 Å². The molecule has 15 heteroatoms. The first-order valence-electron chi connectivity index (χ1n) is 10.4. The van der Waals surface area contributed by atoms with E-state index in [0.717, 1.165) is 11.8 Å². The van der Waals surface area contributed by atoms with Gasteiger partial charge in [-0.05, 0) is 20.3 Å². The minimum atomic E-state index is -1.55. The molecule has 0 aromatic rings. The lowest BCUT2D eigenvalue weighted by Gasteiger charge is -2.48. The van der Waals surface area contributed by atoms with E-state index in [1.54, 1.807) is 0 Å². The minimum Gasteiger partial charge on any atom is -0.481 e. The first-order chi connectivity index (χ1) is 15.7. The molecule has 1 aliphatic heterocycles. The highest BCUT2D eigenvalue weighted by molar-refractivity contribution is 5.91. The molecule has 3 amide bonds. The van der Waals surface area contributed by atoms with E-state index in [-0.39, 0.29) is 6.42 Å². The SMILES string of the molecule is CC(=O)N(C1O[C@H](CO)[C@@H](O)[C@H](O[C@H](C)C(=O)O)[C@H]1N)[C@H](C)C(=O)N[C@@H](CCC(=O)O)C(N)=O. The fourth-order valence-electron chi connectivity index (χ4n) is 3.46. The average molecular weight is 492 g/mol. The summed E-state index contributed by atoms with van der Waals surface area (Å²) in [4.78, 5) is 59.7. The van der Waals surface area contributed by atoms with E-state index >= 15 is 0 Å². The number of aliphatic carboxylic acids is 2. The summed E-state index contributed by atoms with van der Waals surface area (Å²) < 4.78 is 10.9. The van der Waals surface area contributed by atoms with E-state index in [9.17, 15) is 34.2 Å². The first-order valence-corrected chi connectivity index (χ1v) is 10.4. The molecule has 1 heterocycles. The molecule has 1 saturated heterocycles. The van der Waals surface area contributed by atoms with Gasteiger partial charge in [0.1, 0.15) is 30.4 Å². The summed E-state index contributed by atoms with van der Waals surface area (Å²) in [6.07, 6.45) is -7.87. The third kappa shape index (κ3) is 7.33. The molecule has 0 aliphatic carbocycles. The summed E-state index contributed by atoms with van der Waals surface area (Å²) in [5.74, 6) is -5.15. The standard InChI is InChI=1S/C19H32N4O11/c1-7(17(30)22-10(16(21)29)4-5-12(26)27)23(9(3)25)18-13(20)15(33-8(2)19(31)32)14(28)11(6-24)34-18/h7-8,10-11,13-15,18,24,28H,4-6,20H2,1-3H3,(H2,21,29)(H,22,30)(H,26,27)(H,31,32)/t7-,8-,10+,11-,13-,14-,15-,18?/m1/s1. The summed E-state index contributed by atoms with van der Waals surface area (Å²) in [5.41, 5.74) is 11.4. The zero-order chi connectivity index (χ0) is 26.3. The van der Waals surface area contributed by atoms with Gasteiger partial charge in [0.2, 0.25) is 17.7 Å². The Morgan fingerprint density at radius 3 is 2.21 bits per heavy atom. The predicted molar refractivity (Wildman–Crippen MR) is 112 cm³/mol. The average Bonchev–Trinajstić information content (AvgIpc) is 2.74. The second-order valence-corrected chi connectivity index (χ2v) is 7.89. The molecule has 0 radical (unpaired) electrons. The molecule has 0 saturated carbocycles. The molecular formula is C19H32N4O11. The van der Waals surface area contributed by atoms with Crippen LogP contribution >= 0.6 is 0 Å². The number of carbonyl (C=O) groups excluding carboxylic acids is 3. The van der Waals surface area contributed by atoms with Gasteiger partial charge in [0.05, 0.1) is 12.6 Å². The summed E-state index contributed by atoms with van der Waals surface area (Å²) in [6, 6.07) is -4.02. The van der Waals surface area contributed by atoms with Crippen LogP contribution in [-0.2, 0) is 33.4 Å². The number of carbonyl (C=O) groups is 5. The number of carboxylic acid groups (broad SMARTS) is 2. The van der Waals surface area contributed by atoms with Crippen LogP contribution < -0.4 is 16.8 Å². The third-order valence-electron chi connectivity index (χ3n) is 5.37. The molecule has 1 rings (SSSR count). The molecule has 194 valence electrons. The lowest BCUT2D eigenvalue weighted by atomic mass is 9.94. The van der Waals surface area contributed by atoms with Gasteiger partial charge in [0, 0.05) is 13.3 Å². The lowest BCUT2D eigenvalue weighted by Crippen LogP contribution is -2.70. The molecule has 15 nitrogen and oxygen atoms in total. The predicted octanol–water partition coefficient (Wildman–Crippen LogP) is -3.68. The Bertz CT molecular complexity index is 779. The van der Waals surface area contributed by atoms with E-state index in [0.29, 0.717) is 0 Å². The number of primary amides is 1. The number of ether oxygens (including phenoxy) is 2. The van der Waals surface area contributed by atoms with Crippen molar-refractivity contribution in [3.05, 3.63) is 0 Å². The van der Waals surface area contributed by atoms with Crippen LogP contribution in [0.1, 0.15) is 33.6 Å². The molecular weight excluding hydrogens is 460 g/mol. The number of amides is 3. The van der Waals surface area contributed by atoms with Crippen molar-refractivity contribution in [3.63, 3.8) is 0 Å². The maximum atomic E-state index is 12.8. The molecule has 0 aromatic heterocycles.